The average Bonchev–Trinajstić information content (AvgIpc) is 2.78. The van der Waals surface area contributed by atoms with E-state index in [4.69, 9.17) is 0 Å². The Labute approximate surface area is 114 Å². The second-order valence-corrected chi connectivity index (χ2v) is 5.41. The number of nitrogens with zero attached hydrogens (tertiary/aromatic N) is 1. The minimum atomic E-state index is -0.466. The number of hydrogen-bond acceptors (Lipinski definition) is 2. The number of rotatable bonds is 3. The van der Waals surface area contributed by atoms with Crippen molar-refractivity contribution in [3.05, 3.63) is 34.1 Å². The van der Waals surface area contributed by atoms with E-state index < -0.39 is 5.82 Å². The predicted octanol–water partition coefficient (Wildman–Crippen LogP) is 2.27. The monoisotopic (exact) mass is 314 g/mol. The first-order valence-electron chi connectivity index (χ1n) is 6.01. The molecule has 18 heavy (non-hydrogen) atoms. The number of carbonyl (C=O) groups is 1. The van der Waals surface area contributed by atoms with E-state index in [1.165, 1.54) is 6.07 Å². The molecule has 0 aromatic heterocycles. The first-order chi connectivity index (χ1) is 8.63. The fourth-order valence-corrected chi connectivity index (χ4v) is 2.84. The summed E-state index contributed by atoms with van der Waals surface area (Å²) in [6.45, 7) is 2.29. The highest BCUT2D eigenvalue weighted by molar-refractivity contribution is 9.10. The molecule has 1 aromatic rings. The summed E-state index contributed by atoms with van der Waals surface area (Å²) in [7, 11) is 1.90. The molecular weight excluding hydrogens is 299 g/mol. The smallest absolute Gasteiger partial charge is 0.257 e. The predicted molar refractivity (Wildman–Crippen MR) is 72.0 cm³/mol. The van der Waals surface area contributed by atoms with Crippen LogP contribution in [-0.2, 0) is 0 Å². The minimum Gasteiger partial charge on any atom is -0.338 e. The molecule has 1 saturated heterocycles. The zero-order chi connectivity index (χ0) is 13.1. The first-order valence-corrected chi connectivity index (χ1v) is 6.80. The Hall–Kier alpha value is -0.940. The Morgan fingerprint density at radius 3 is 3.06 bits per heavy atom. The summed E-state index contributed by atoms with van der Waals surface area (Å²) in [5.41, 5.74) is 0.141. The Bertz CT molecular complexity index is 432. The quantitative estimate of drug-likeness (QED) is 0.928. The molecule has 0 bridgehead atoms. The van der Waals surface area contributed by atoms with Gasteiger partial charge in [-0.2, -0.15) is 0 Å². The van der Waals surface area contributed by atoms with Gasteiger partial charge in [-0.05, 0) is 54.0 Å². The van der Waals surface area contributed by atoms with Crippen molar-refractivity contribution in [2.45, 2.75) is 6.42 Å². The van der Waals surface area contributed by atoms with E-state index in [0.717, 1.165) is 13.0 Å². The van der Waals surface area contributed by atoms with Crippen LogP contribution >= 0.6 is 15.9 Å². The lowest BCUT2D eigenvalue weighted by Crippen LogP contribution is -2.31. The number of nitrogens with one attached hydrogen (secondary N) is 1. The van der Waals surface area contributed by atoms with Crippen LogP contribution in [-0.4, -0.2) is 37.5 Å². The molecule has 5 heteroatoms. The fraction of sp³-hybridized carbons (Fsp3) is 0.462. The van der Waals surface area contributed by atoms with Gasteiger partial charge in [0.15, 0.2) is 0 Å². The lowest BCUT2D eigenvalue weighted by molar-refractivity contribution is 0.0781. The molecule has 1 atom stereocenters. The molecule has 0 aliphatic carbocycles. The molecule has 1 amide bonds. The number of amides is 1. The van der Waals surface area contributed by atoms with E-state index >= 15 is 0 Å². The van der Waals surface area contributed by atoms with Crippen LogP contribution in [0, 0.1) is 11.7 Å². The van der Waals surface area contributed by atoms with Gasteiger partial charge in [-0.1, -0.05) is 6.07 Å². The summed E-state index contributed by atoms with van der Waals surface area (Å²) in [6.07, 6.45) is 0.971. The third-order valence-corrected chi connectivity index (χ3v) is 3.90. The summed E-state index contributed by atoms with van der Waals surface area (Å²) >= 11 is 3.24. The van der Waals surface area contributed by atoms with E-state index in [1.807, 2.05) is 7.05 Å². The molecule has 1 N–H and O–H groups in total. The molecule has 0 spiro atoms. The topological polar surface area (TPSA) is 32.3 Å². The number of likely N-dealkylation sites (tertiary alicyclic amines) is 1. The van der Waals surface area contributed by atoms with E-state index in [2.05, 4.69) is 21.2 Å². The van der Waals surface area contributed by atoms with Gasteiger partial charge in [0.05, 0.1) is 5.56 Å². The first kappa shape index (κ1) is 13.5. The average molecular weight is 315 g/mol. The van der Waals surface area contributed by atoms with Crippen LogP contribution in [0.1, 0.15) is 16.8 Å². The maximum Gasteiger partial charge on any atom is 0.257 e. The van der Waals surface area contributed by atoms with Gasteiger partial charge in [-0.25, -0.2) is 4.39 Å². The van der Waals surface area contributed by atoms with E-state index in [1.54, 1.807) is 17.0 Å². The molecular formula is C13H16BrFN2O. The van der Waals surface area contributed by atoms with Gasteiger partial charge in [0.25, 0.3) is 5.91 Å². The highest BCUT2D eigenvalue weighted by Crippen LogP contribution is 2.24. The molecule has 1 aliphatic heterocycles. The van der Waals surface area contributed by atoms with Crippen LogP contribution in [0.15, 0.2) is 22.7 Å². The van der Waals surface area contributed by atoms with Gasteiger partial charge in [-0.3, -0.25) is 4.79 Å². The van der Waals surface area contributed by atoms with Gasteiger partial charge >= 0.3 is 0 Å². The minimum absolute atomic E-state index is 0.141. The van der Waals surface area contributed by atoms with Gasteiger partial charge in [0.2, 0.25) is 0 Å². The summed E-state index contributed by atoms with van der Waals surface area (Å²) in [5.74, 6) is -0.227. The zero-order valence-corrected chi connectivity index (χ0v) is 11.8. The lowest BCUT2D eigenvalue weighted by atomic mass is 10.1. The summed E-state index contributed by atoms with van der Waals surface area (Å²) in [6, 6.07) is 4.60. The van der Waals surface area contributed by atoms with E-state index in [9.17, 15) is 9.18 Å². The number of benzene rings is 1. The van der Waals surface area contributed by atoms with Gasteiger partial charge in [-0.15, -0.1) is 0 Å². The second kappa shape index (κ2) is 5.80. The Kier molecular flexibility index (Phi) is 4.35. The summed E-state index contributed by atoms with van der Waals surface area (Å²) in [5, 5.41) is 3.11. The van der Waals surface area contributed by atoms with Crippen molar-refractivity contribution in [3.8, 4) is 0 Å². The molecule has 1 fully saturated rings. The molecule has 3 nitrogen and oxygen atoms in total. The molecule has 98 valence electrons. The van der Waals surface area contributed by atoms with Crippen molar-refractivity contribution in [1.29, 1.82) is 0 Å². The van der Waals surface area contributed by atoms with Crippen LogP contribution < -0.4 is 5.32 Å². The number of carbonyl (C=O) groups excluding carboxylic acids is 1. The SMILES string of the molecule is CNC[C@H]1CCN(C(=O)c2c(F)cccc2Br)C1. The van der Waals surface area contributed by atoms with Crippen molar-refractivity contribution in [1.82, 2.24) is 10.2 Å². The van der Waals surface area contributed by atoms with Gasteiger partial charge in [0, 0.05) is 17.6 Å². The Balaban J connectivity index is 2.13. The number of hydrogen-bond donors (Lipinski definition) is 1. The molecule has 2 rings (SSSR count). The van der Waals surface area contributed by atoms with Crippen LogP contribution in [0.4, 0.5) is 4.39 Å². The van der Waals surface area contributed by atoms with Crippen molar-refractivity contribution >= 4 is 21.8 Å². The molecule has 1 aliphatic rings. The van der Waals surface area contributed by atoms with Crippen molar-refractivity contribution < 1.29 is 9.18 Å². The van der Waals surface area contributed by atoms with Crippen LogP contribution in [0.3, 0.4) is 0 Å². The van der Waals surface area contributed by atoms with E-state index in [0.29, 0.717) is 23.5 Å². The third-order valence-electron chi connectivity index (χ3n) is 3.24. The molecule has 0 unspecified atom stereocenters. The normalized spacial score (nSPS) is 19.3. The van der Waals surface area contributed by atoms with Crippen molar-refractivity contribution in [2.24, 2.45) is 5.92 Å². The largest absolute Gasteiger partial charge is 0.338 e. The molecule has 0 radical (unpaired) electrons. The van der Waals surface area contributed by atoms with Gasteiger partial charge in [0.1, 0.15) is 5.82 Å². The Morgan fingerprint density at radius 2 is 2.39 bits per heavy atom. The second-order valence-electron chi connectivity index (χ2n) is 4.56. The van der Waals surface area contributed by atoms with Crippen LogP contribution in [0.2, 0.25) is 0 Å². The zero-order valence-electron chi connectivity index (χ0n) is 10.2. The summed E-state index contributed by atoms with van der Waals surface area (Å²) < 4.78 is 14.2. The number of halogens is 2. The molecule has 0 saturated carbocycles. The highest BCUT2D eigenvalue weighted by Gasteiger charge is 2.28. The summed E-state index contributed by atoms with van der Waals surface area (Å²) in [4.78, 5) is 14.0. The molecule has 1 aromatic carbocycles. The van der Waals surface area contributed by atoms with Gasteiger partial charge < -0.3 is 10.2 Å². The van der Waals surface area contributed by atoms with Crippen LogP contribution in [0.5, 0.6) is 0 Å². The third kappa shape index (κ3) is 2.72. The molecule has 1 heterocycles. The highest BCUT2D eigenvalue weighted by atomic mass is 79.9. The standard InChI is InChI=1S/C13H16BrFN2O/c1-16-7-9-5-6-17(8-9)13(18)12-10(14)3-2-4-11(12)15/h2-4,9,16H,5-8H2,1H3/t9-/m1/s1. The Morgan fingerprint density at radius 1 is 1.61 bits per heavy atom. The van der Waals surface area contributed by atoms with Crippen molar-refractivity contribution in [3.63, 3.8) is 0 Å². The maximum absolute atomic E-state index is 13.7. The maximum atomic E-state index is 13.7. The lowest BCUT2D eigenvalue weighted by Gasteiger charge is -2.17. The van der Waals surface area contributed by atoms with Crippen LogP contribution in [0.25, 0.3) is 0 Å². The fourth-order valence-electron chi connectivity index (χ4n) is 2.33. The van der Waals surface area contributed by atoms with E-state index in [-0.39, 0.29) is 11.5 Å². The van der Waals surface area contributed by atoms with Crippen molar-refractivity contribution in [2.75, 3.05) is 26.7 Å².